The van der Waals surface area contributed by atoms with E-state index in [-0.39, 0.29) is 6.54 Å². The maximum absolute atomic E-state index is 11.9. The van der Waals surface area contributed by atoms with Gasteiger partial charge in [0, 0.05) is 42.2 Å². The second-order valence-corrected chi connectivity index (χ2v) is 5.57. The summed E-state index contributed by atoms with van der Waals surface area (Å²) in [7, 11) is 0. The summed E-state index contributed by atoms with van der Waals surface area (Å²) < 4.78 is 5.16. The summed E-state index contributed by atoms with van der Waals surface area (Å²) in [6.45, 7) is 1.98. The lowest BCUT2D eigenvalue weighted by Gasteiger charge is -2.28. The summed E-state index contributed by atoms with van der Waals surface area (Å²) >= 11 is 0. The maximum Gasteiger partial charge on any atom is 0.414 e. The van der Waals surface area contributed by atoms with Gasteiger partial charge in [0.15, 0.2) is 0 Å². The molecule has 0 bridgehead atoms. The van der Waals surface area contributed by atoms with E-state index in [9.17, 15) is 9.59 Å². The minimum atomic E-state index is -0.431. The fraction of sp³-hybridized carbons (Fsp3) is 0.467. The van der Waals surface area contributed by atoms with Crippen molar-refractivity contribution < 1.29 is 14.3 Å². The monoisotopic (exact) mass is 315 g/mol. The average molecular weight is 315 g/mol. The molecule has 0 aliphatic carbocycles. The number of ether oxygens (including phenoxy) is 1. The van der Waals surface area contributed by atoms with Gasteiger partial charge in [-0.05, 0) is 29.8 Å². The number of anilines is 2. The Morgan fingerprint density at radius 1 is 1.17 bits per heavy atom. The molecule has 2 saturated heterocycles. The van der Waals surface area contributed by atoms with Crippen LogP contribution in [0.4, 0.5) is 16.2 Å². The minimum Gasteiger partial charge on any atom is -0.444 e. The summed E-state index contributed by atoms with van der Waals surface area (Å²) in [5, 5.41) is 3.44. The summed E-state index contributed by atoms with van der Waals surface area (Å²) in [5.74, 6) is 0.309. The lowest BCUT2D eigenvalue weighted by Crippen LogP contribution is -2.33. The molecule has 1 aromatic carbocycles. The highest BCUT2D eigenvalue weighted by molar-refractivity contribution is 5.90. The van der Waals surface area contributed by atoms with Gasteiger partial charge in [-0.25, -0.2) is 4.79 Å². The molecule has 2 aliphatic heterocycles. The first-order valence-electron chi connectivity index (χ1n) is 7.53. The van der Waals surface area contributed by atoms with E-state index in [0.29, 0.717) is 25.2 Å². The Morgan fingerprint density at radius 3 is 2.48 bits per heavy atom. The van der Waals surface area contributed by atoms with Crippen LogP contribution in [0.15, 0.2) is 29.4 Å². The number of hydrogen-bond donors (Lipinski definition) is 0. The molecule has 2 heterocycles. The topological polar surface area (TPSA) is 98.6 Å². The van der Waals surface area contributed by atoms with E-state index in [0.717, 1.165) is 24.5 Å². The first-order valence-corrected chi connectivity index (χ1v) is 7.53. The number of azide groups is 1. The minimum absolute atomic E-state index is 0.138. The van der Waals surface area contributed by atoms with Gasteiger partial charge in [0.1, 0.15) is 11.9 Å². The molecular weight excluding hydrogens is 298 g/mol. The molecule has 2 fully saturated rings. The summed E-state index contributed by atoms with van der Waals surface area (Å²) in [4.78, 5) is 29.6. The van der Waals surface area contributed by atoms with Crippen molar-refractivity contribution in [1.29, 1.82) is 0 Å². The number of carbonyl (C=O) groups excluding carboxylic acids is 2. The summed E-state index contributed by atoms with van der Waals surface area (Å²) in [5.41, 5.74) is 10.1. The van der Waals surface area contributed by atoms with Crippen molar-refractivity contribution in [1.82, 2.24) is 0 Å². The molecule has 2 aliphatic rings. The van der Waals surface area contributed by atoms with Gasteiger partial charge in [0.25, 0.3) is 0 Å². The number of carbonyl (C=O) groups is 2. The Bertz CT molecular complexity index is 644. The molecule has 1 atom stereocenters. The van der Waals surface area contributed by atoms with E-state index in [2.05, 4.69) is 14.9 Å². The fourth-order valence-corrected chi connectivity index (χ4v) is 2.81. The second kappa shape index (κ2) is 6.58. The molecule has 8 heteroatoms. The molecule has 0 N–H and O–H groups in total. The predicted molar refractivity (Wildman–Crippen MR) is 84.5 cm³/mol. The van der Waals surface area contributed by atoms with Crippen LogP contribution in [-0.4, -0.2) is 44.2 Å². The Morgan fingerprint density at radius 2 is 1.83 bits per heavy atom. The fourth-order valence-electron chi connectivity index (χ4n) is 2.81. The zero-order valence-corrected chi connectivity index (χ0v) is 12.6. The van der Waals surface area contributed by atoms with Crippen molar-refractivity contribution in [2.24, 2.45) is 5.11 Å². The molecule has 23 heavy (non-hydrogen) atoms. The van der Waals surface area contributed by atoms with Crippen molar-refractivity contribution in [2.75, 3.05) is 36.0 Å². The molecule has 3 rings (SSSR count). The Hall–Kier alpha value is -2.73. The number of hydrogen-bond acceptors (Lipinski definition) is 5. The number of nitrogens with zero attached hydrogens (tertiary/aromatic N) is 5. The number of amides is 1. The van der Waals surface area contributed by atoms with Crippen LogP contribution in [0.25, 0.3) is 10.4 Å². The van der Waals surface area contributed by atoms with Crippen molar-refractivity contribution in [3.05, 3.63) is 34.7 Å². The van der Waals surface area contributed by atoms with Crippen LogP contribution in [0.1, 0.15) is 12.8 Å². The Labute approximate surface area is 133 Å². The Balaban J connectivity index is 1.66. The average Bonchev–Trinajstić information content (AvgIpc) is 2.95. The molecule has 0 radical (unpaired) electrons. The summed E-state index contributed by atoms with van der Waals surface area (Å²) in [6, 6.07) is 7.62. The molecule has 0 spiro atoms. The normalized spacial score (nSPS) is 21.1. The number of piperidine rings is 1. The van der Waals surface area contributed by atoms with Crippen molar-refractivity contribution in [2.45, 2.75) is 18.9 Å². The van der Waals surface area contributed by atoms with Gasteiger partial charge in [-0.1, -0.05) is 5.11 Å². The predicted octanol–water partition coefficient (Wildman–Crippen LogP) is 2.49. The van der Waals surface area contributed by atoms with Gasteiger partial charge in [-0.3, -0.25) is 9.69 Å². The molecular formula is C15H17N5O3. The molecule has 0 saturated carbocycles. The first-order chi connectivity index (χ1) is 11.2. The van der Waals surface area contributed by atoms with Crippen molar-refractivity contribution in [3.8, 4) is 0 Å². The highest BCUT2D eigenvalue weighted by Gasteiger charge is 2.31. The zero-order valence-electron chi connectivity index (χ0n) is 12.6. The van der Waals surface area contributed by atoms with Crippen LogP contribution in [-0.2, 0) is 9.53 Å². The second-order valence-electron chi connectivity index (χ2n) is 5.57. The molecule has 0 aromatic heterocycles. The third kappa shape index (κ3) is 3.37. The van der Waals surface area contributed by atoms with Gasteiger partial charge in [0.05, 0.1) is 13.1 Å². The zero-order chi connectivity index (χ0) is 16.2. The van der Waals surface area contributed by atoms with E-state index < -0.39 is 12.2 Å². The first kappa shape index (κ1) is 15.2. The number of rotatable bonds is 4. The van der Waals surface area contributed by atoms with Crippen LogP contribution in [0.5, 0.6) is 0 Å². The van der Waals surface area contributed by atoms with Crippen LogP contribution < -0.4 is 9.80 Å². The quantitative estimate of drug-likeness (QED) is 0.484. The van der Waals surface area contributed by atoms with E-state index in [1.807, 2.05) is 24.3 Å². The Kier molecular flexibility index (Phi) is 4.34. The smallest absolute Gasteiger partial charge is 0.414 e. The van der Waals surface area contributed by atoms with Gasteiger partial charge < -0.3 is 9.64 Å². The number of benzene rings is 1. The standard InChI is InChI=1S/C15H17N5O3/c16-18-17-9-14-10-20(15(22)23-14)12-3-1-11(2-4-12)19-7-5-13(21)6-8-19/h1-4,14H,5-10H2/t14-/m1/s1. The highest BCUT2D eigenvalue weighted by Crippen LogP contribution is 2.26. The molecule has 8 nitrogen and oxygen atoms in total. The molecule has 1 amide bonds. The largest absolute Gasteiger partial charge is 0.444 e. The van der Waals surface area contributed by atoms with E-state index in [1.165, 1.54) is 4.90 Å². The molecule has 120 valence electrons. The summed E-state index contributed by atoms with van der Waals surface area (Å²) in [6.07, 6.45) is 0.327. The molecule has 1 aromatic rings. The lowest BCUT2D eigenvalue weighted by atomic mass is 10.1. The SMILES string of the molecule is [N-]=[N+]=NC[C@@H]1CN(c2ccc(N3CCC(=O)CC3)cc2)C(=O)O1. The van der Waals surface area contributed by atoms with E-state index >= 15 is 0 Å². The van der Waals surface area contributed by atoms with Crippen LogP contribution in [0, 0.1) is 0 Å². The highest BCUT2D eigenvalue weighted by atomic mass is 16.6. The van der Waals surface area contributed by atoms with Gasteiger partial charge in [-0.15, -0.1) is 0 Å². The number of ketones is 1. The number of Topliss-reactive ketones (excluding diaryl/α,β-unsaturated/α-hetero) is 1. The maximum atomic E-state index is 11.9. The third-order valence-electron chi connectivity index (χ3n) is 4.07. The van der Waals surface area contributed by atoms with Gasteiger partial charge >= 0.3 is 6.09 Å². The van der Waals surface area contributed by atoms with Crippen LogP contribution >= 0.6 is 0 Å². The molecule has 0 unspecified atom stereocenters. The van der Waals surface area contributed by atoms with E-state index in [1.54, 1.807) is 0 Å². The van der Waals surface area contributed by atoms with Crippen LogP contribution in [0.3, 0.4) is 0 Å². The number of cyclic esters (lactones) is 1. The third-order valence-corrected chi connectivity index (χ3v) is 4.07. The van der Waals surface area contributed by atoms with Gasteiger partial charge in [0.2, 0.25) is 0 Å². The van der Waals surface area contributed by atoms with Crippen LogP contribution in [0.2, 0.25) is 0 Å². The van der Waals surface area contributed by atoms with E-state index in [4.69, 9.17) is 10.3 Å². The van der Waals surface area contributed by atoms with Crippen molar-refractivity contribution >= 4 is 23.3 Å². The lowest BCUT2D eigenvalue weighted by molar-refractivity contribution is -0.119. The van der Waals surface area contributed by atoms with Crippen molar-refractivity contribution in [3.63, 3.8) is 0 Å². The van der Waals surface area contributed by atoms with Gasteiger partial charge in [-0.2, -0.15) is 0 Å².